The first kappa shape index (κ1) is 15.2. The first-order chi connectivity index (χ1) is 9.85. The van der Waals surface area contributed by atoms with E-state index >= 15 is 0 Å². The minimum absolute atomic E-state index is 0.276. The molecule has 2 aromatic rings. The number of aromatic amines is 1. The number of hydrogen-bond donors (Lipinski definition) is 3. The minimum atomic E-state index is 0.276. The van der Waals surface area contributed by atoms with Crippen molar-refractivity contribution in [3.05, 3.63) is 29.3 Å². The molecule has 2 aromatic heterocycles. The van der Waals surface area contributed by atoms with Gasteiger partial charge in [0.2, 0.25) is 0 Å². The number of nitrogens with one attached hydrogen (secondary N) is 2. The van der Waals surface area contributed by atoms with Gasteiger partial charge in [-0.1, -0.05) is 19.4 Å². The smallest absolute Gasteiger partial charge is 0.0794 e. The van der Waals surface area contributed by atoms with Gasteiger partial charge in [0.25, 0.3) is 0 Å². The second-order valence-electron chi connectivity index (χ2n) is 5.05. The lowest BCUT2D eigenvalue weighted by molar-refractivity contribution is 0.248. The molecule has 5 heteroatoms. The molecule has 0 aliphatic rings. The molecule has 0 saturated heterocycles. The fourth-order valence-electron chi connectivity index (χ4n) is 2.43. The number of hydrogen-bond acceptors (Lipinski definition) is 4. The van der Waals surface area contributed by atoms with Crippen molar-refractivity contribution in [3.63, 3.8) is 0 Å². The first-order valence-electron chi connectivity index (χ1n) is 7.22. The van der Waals surface area contributed by atoms with Gasteiger partial charge in [-0.3, -0.25) is 5.10 Å². The average molecular weight is 293 g/mol. The monoisotopic (exact) mass is 293 g/mol. The van der Waals surface area contributed by atoms with E-state index in [1.165, 1.54) is 16.9 Å². The van der Waals surface area contributed by atoms with Crippen LogP contribution in [0, 0.1) is 5.92 Å². The van der Waals surface area contributed by atoms with Gasteiger partial charge in [-0.25, -0.2) is 0 Å². The van der Waals surface area contributed by atoms with Gasteiger partial charge in [-0.15, -0.1) is 11.3 Å². The van der Waals surface area contributed by atoms with Crippen molar-refractivity contribution in [2.75, 3.05) is 13.2 Å². The van der Waals surface area contributed by atoms with Crippen LogP contribution in [0.1, 0.15) is 31.7 Å². The summed E-state index contributed by atoms with van der Waals surface area (Å²) in [6.07, 6.45) is 5.10. The molecule has 0 saturated carbocycles. The van der Waals surface area contributed by atoms with Crippen LogP contribution in [0.25, 0.3) is 10.6 Å². The second kappa shape index (κ2) is 8.19. The Kier molecular flexibility index (Phi) is 6.24. The summed E-state index contributed by atoms with van der Waals surface area (Å²) in [4.78, 5) is 1.22. The summed E-state index contributed by atoms with van der Waals surface area (Å²) in [6, 6.07) is 4.16. The zero-order valence-corrected chi connectivity index (χ0v) is 12.7. The highest BCUT2D eigenvalue weighted by Gasteiger charge is 2.10. The van der Waals surface area contributed by atoms with Crippen molar-refractivity contribution in [2.45, 2.75) is 32.7 Å². The molecule has 0 aromatic carbocycles. The molecule has 1 unspecified atom stereocenters. The molecule has 0 aliphatic heterocycles. The van der Waals surface area contributed by atoms with Crippen molar-refractivity contribution in [1.82, 2.24) is 15.5 Å². The van der Waals surface area contributed by atoms with E-state index in [0.29, 0.717) is 5.92 Å². The van der Waals surface area contributed by atoms with E-state index in [-0.39, 0.29) is 6.61 Å². The number of aliphatic hydroxyl groups is 1. The summed E-state index contributed by atoms with van der Waals surface area (Å²) >= 11 is 1.72. The van der Waals surface area contributed by atoms with E-state index in [2.05, 4.69) is 40.0 Å². The maximum atomic E-state index is 9.07. The molecule has 1 atom stereocenters. The number of H-pyrrole nitrogens is 1. The maximum absolute atomic E-state index is 9.07. The van der Waals surface area contributed by atoms with Crippen molar-refractivity contribution >= 4 is 11.3 Å². The van der Waals surface area contributed by atoms with Crippen LogP contribution >= 0.6 is 11.3 Å². The molecule has 0 amide bonds. The quantitative estimate of drug-likeness (QED) is 0.666. The van der Waals surface area contributed by atoms with Crippen LogP contribution in [0.4, 0.5) is 0 Å². The summed E-state index contributed by atoms with van der Waals surface area (Å²) < 4.78 is 0. The predicted octanol–water partition coefficient (Wildman–Crippen LogP) is 3.03. The summed E-state index contributed by atoms with van der Waals surface area (Å²) in [5.41, 5.74) is 2.31. The number of aromatic nitrogens is 2. The zero-order chi connectivity index (χ0) is 14.2. The summed E-state index contributed by atoms with van der Waals surface area (Å²) in [5.74, 6) is 0.557. The zero-order valence-electron chi connectivity index (χ0n) is 11.9. The highest BCUT2D eigenvalue weighted by Crippen LogP contribution is 2.25. The number of rotatable bonds is 9. The fraction of sp³-hybridized carbons (Fsp3) is 0.533. The van der Waals surface area contributed by atoms with Gasteiger partial charge >= 0.3 is 0 Å². The molecule has 2 rings (SSSR count). The van der Waals surface area contributed by atoms with E-state index in [4.69, 9.17) is 5.11 Å². The van der Waals surface area contributed by atoms with Crippen LogP contribution in [0.3, 0.4) is 0 Å². The molecular weight excluding hydrogens is 270 g/mol. The Morgan fingerprint density at radius 1 is 1.45 bits per heavy atom. The topological polar surface area (TPSA) is 60.9 Å². The standard InChI is InChI=1S/C15H23N3OS/c1-2-4-12(6-7-19)9-16-10-13-11-17-18-15(13)14-5-3-8-20-14/h3,5,8,11-12,16,19H,2,4,6-7,9-10H2,1H3,(H,17,18). The van der Waals surface area contributed by atoms with Gasteiger partial charge in [0.05, 0.1) is 16.8 Å². The molecule has 0 spiro atoms. The van der Waals surface area contributed by atoms with Gasteiger partial charge < -0.3 is 10.4 Å². The Bertz CT molecular complexity index is 475. The van der Waals surface area contributed by atoms with Crippen molar-refractivity contribution in [1.29, 1.82) is 0 Å². The van der Waals surface area contributed by atoms with E-state index in [9.17, 15) is 0 Å². The van der Waals surface area contributed by atoms with E-state index in [0.717, 1.165) is 31.6 Å². The van der Waals surface area contributed by atoms with Crippen LogP contribution in [-0.2, 0) is 6.54 Å². The second-order valence-corrected chi connectivity index (χ2v) is 5.99. The molecular formula is C15H23N3OS. The minimum Gasteiger partial charge on any atom is -0.396 e. The van der Waals surface area contributed by atoms with Crippen LogP contribution in [0.2, 0.25) is 0 Å². The number of thiophene rings is 1. The molecule has 20 heavy (non-hydrogen) atoms. The number of nitrogens with zero attached hydrogens (tertiary/aromatic N) is 1. The third-order valence-electron chi connectivity index (χ3n) is 3.47. The van der Waals surface area contributed by atoms with Crippen molar-refractivity contribution in [3.8, 4) is 10.6 Å². The highest BCUT2D eigenvalue weighted by atomic mass is 32.1. The molecule has 3 N–H and O–H groups in total. The van der Waals surface area contributed by atoms with Gasteiger partial charge in [-0.05, 0) is 36.8 Å². The average Bonchev–Trinajstić information content (AvgIpc) is 3.09. The van der Waals surface area contributed by atoms with Crippen LogP contribution in [-0.4, -0.2) is 28.5 Å². The summed E-state index contributed by atoms with van der Waals surface area (Å²) in [6.45, 7) is 4.23. The third-order valence-corrected chi connectivity index (χ3v) is 4.36. The maximum Gasteiger partial charge on any atom is 0.0794 e. The molecule has 110 valence electrons. The lowest BCUT2D eigenvalue weighted by atomic mass is 10.0. The lowest BCUT2D eigenvalue weighted by Gasteiger charge is -2.15. The SMILES string of the molecule is CCCC(CCO)CNCc1cn[nH]c1-c1cccs1. The van der Waals surface area contributed by atoms with Crippen molar-refractivity contribution in [2.24, 2.45) is 5.92 Å². The Morgan fingerprint density at radius 2 is 2.35 bits per heavy atom. The normalized spacial score (nSPS) is 12.7. The van der Waals surface area contributed by atoms with Gasteiger partial charge in [0, 0.05) is 18.7 Å². The lowest BCUT2D eigenvalue weighted by Crippen LogP contribution is -2.23. The predicted molar refractivity (Wildman–Crippen MR) is 83.7 cm³/mol. The summed E-state index contributed by atoms with van der Waals surface area (Å²) in [5, 5.41) is 21.9. The van der Waals surface area contributed by atoms with Gasteiger partial charge in [0.1, 0.15) is 0 Å². The summed E-state index contributed by atoms with van der Waals surface area (Å²) in [7, 11) is 0. The third kappa shape index (κ3) is 4.16. The van der Waals surface area contributed by atoms with E-state index < -0.39 is 0 Å². The molecule has 0 aliphatic carbocycles. The Morgan fingerprint density at radius 3 is 3.05 bits per heavy atom. The molecule has 0 fully saturated rings. The van der Waals surface area contributed by atoms with Crippen LogP contribution in [0.15, 0.2) is 23.7 Å². The Hall–Kier alpha value is -1.17. The highest BCUT2D eigenvalue weighted by molar-refractivity contribution is 7.13. The van der Waals surface area contributed by atoms with Crippen molar-refractivity contribution < 1.29 is 5.11 Å². The Labute approximate surface area is 124 Å². The molecule has 0 radical (unpaired) electrons. The van der Waals surface area contributed by atoms with Crippen LogP contribution < -0.4 is 5.32 Å². The largest absolute Gasteiger partial charge is 0.396 e. The first-order valence-corrected chi connectivity index (χ1v) is 8.10. The van der Waals surface area contributed by atoms with Crippen LogP contribution in [0.5, 0.6) is 0 Å². The van der Waals surface area contributed by atoms with Gasteiger partial charge in [0.15, 0.2) is 0 Å². The fourth-order valence-corrected chi connectivity index (χ4v) is 3.18. The van der Waals surface area contributed by atoms with Gasteiger partial charge in [-0.2, -0.15) is 5.10 Å². The molecule has 0 bridgehead atoms. The Balaban J connectivity index is 1.87. The van der Waals surface area contributed by atoms with E-state index in [1.54, 1.807) is 11.3 Å². The van der Waals surface area contributed by atoms with E-state index in [1.807, 2.05) is 6.20 Å². The molecule has 4 nitrogen and oxygen atoms in total. The molecule has 2 heterocycles. The number of aliphatic hydroxyl groups excluding tert-OH is 1.